The van der Waals surface area contributed by atoms with Crippen molar-refractivity contribution in [2.24, 2.45) is 0 Å². The summed E-state index contributed by atoms with van der Waals surface area (Å²) in [6, 6.07) is 0. The largest absolute Gasteiger partial charge is 0.659 e. The number of hydrogen-bond donors (Lipinski definition) is 2. The molecule has 0 radical (unpaired) electrons. The van der Waals surface area contributed by atoms with Crippen LogP contribution in [0.25, 0.3) is 0 Å². The molecule has 7 aliphatic carbocycles. The summed E-state index contributed by atoms with van der Waals surface area (Å²) in [5, 5.41) is 0. The highest BCUT2D eigenvalue weighted by Crippen LogP contribution is 2.63. The Kier molecular flexibility index (Phi) is 15.4. The van der Waals surface area contributed by atoms with Gasteiger partial charge in [-0.1, -0.05) is 135 Å². The molecule has 4 aliphatic heterocycles. The summed E-state index contributed by atoms with van der Waals surface area (Å²) in [5.41, 5.74) is -0.916. The van der Waals surface area contributed by atoms with Gasteiger partial charge in [0.25, 0.3) is 0 Å². The third kappa shape index (κ3) is 10.1. The summed E-state index contributed by atoms with van der Waals surface area (Å²) >= 11 is 0. The monoisotopic (exact) mass is 1100 g/mol. The average molecular weight is 1110 g/mol. The Morgan fingerprint density at radius 2 is 0.471 bits per heavy atom. The Hall–Kier alpha value is 1.39. The number of rotatable bonds is 9. The van der Waals surface area contributed by atoms with Crippen LogP contribution in [0, 0.1) is 0 Å². The first-order chi connectivity index (χ1) is 32.7. The first-order valence-electron chi connectivity index (χ1n) is 28.6. The molecule has 4 saturated heterocycles. The van der Waals surface area contributed by atoms with Crippen LogP contribution in [-0.2, 0) is 49.4 Å². The van der Waals surface area contributed by atoms with E-state index in [9.17, 15) is 9.59 Å². The van der Waals surface area contributed by atoms with E-state index in [0.29, 0.717) is 0 Å². The molecule has 14 nitrogen and oxygen atoms in total. The summed E-state index contributed by atoms with van der Waals surface area (Å²) in [6.45, 7) is 6.86. The maximum absolute atomic E-state index is 13.1. The predicted molar refractivity (Wildman–Crippen MR) is 275 cm³/mol. The van der Waals surface area contributed by atoms with E-state index in [4.69, 9.17) is 49.4 Å². The van der Waals surface area contributed by atoms with E-state index in [1.807, 2.05) is 0 Å². The standard InChI is InChI=1S/C45H88O14Si9/c1-60(2,3)48-61(39-25-11-4-12-26-39)49-62(40-27-13-5-14-28-40)51-64(42-31-17-7-18-32-42)52-63(50-61,41-29-15-6-16-30-41)55-67(45-37-23-10-24-38-45)57-65(53-64,43-33-19-8-20-34-43)56-66(54-62,58-68(46,47)59-67)44-35-21-9-22-36-44/h39-47H,4-38H2,1-3H3. The van der Waals surface area contributed by atoms with Gasteiger partial charge in [-0.3, -0.25) is 0 Å². The molecular weight excluding hydrogens is 1020 g/mol. The molecular formula is C45H88O14Si9. The van der Waals surface area contributed by atoms with Crippen LogP contribution in [0.4, 0.5) is 0 Å². The quantitative estimate of drug-likeness (QED) is 0.211. The molecule has 0 aromatic carbocycles. The van der Waals surface area contributed by atoms with Crippen molar-refractivity contribution in [2.75, 3.05) is 0 Å². The van der Waals surface area contributed by atoms with E-state index in [2.05, 4.69) is 19.6 Å². The molecule has 4 heterocycles. The molecule has 23 heteroatoms. The fraction of sp³-hybridized carbons (Fsp3) is 1.00. The van der Waals surface area contributed by atoms with Crippen LogP contribution >= 0.6 is 0 Å². The van der Waals surface area contributed by atoms with Gasteiger partial charge in [0.05, 0.1) is 0 Å². The van der Waals surface area contributed by atoms with Crippen molar-refractivity contribution in [3.05, 3.63) is 0 Å². The highest BCUT2D eigenvalue weighted by atomic mass is 28.6. The van der Waals surface area contributed by atoms with Crippen LogP contribution in [0.2, 0.25) is 58.4 Å². The normalized spacial score (nSPS) is 44.1. The first kappa shape index (κ1) is 51.5. The van der Waals surface area contributed by atoms with Crippen LogP contribution in [-0.4, -0.2) is 88.6 Å². The summed E-state index contributed by atoms with van der Waals surface area (Å²) in [5.74, 6) is 0. The predicted octanol–water partition coefficient (Wildman–Crippen LogP) is 12.4. The van der Waals surface area contributed by atoms with E-state index in [1.54, 1.807) is 0 Å². The Balaban J connectivity index is 1.26. The third-order valence-electron chi connectivity index (χ3n) is 18.3. The van der Waals surface area contributed by atoms with E-state index in [-0.39, 0.29) is 38.8 Å². The minimum atomic E-state index is -5.23. The fourth-order valence-corrected chi connectivity index (χ4v) is 69.4. The van der Waals surface area contributed by atoms with Crippen LogP contribution in [0.3, 0.4) is 0 Å². The molecule has 0 spiro atoms. The van der Waals surface area contributed by atoms with E-state index < -0.39 is 79.0 Å². The second-order valence-corrected chi connectivity index (χ2v) is 53.7. The summed E-state index contributed by atoms with van der Waals surface area (Å²) < 4.78 is 99.4. The molecule has 0 aromatic rings. The minimum absolute atomic E-state index is 0.00749. The van der Waals surface area contributed by atoms with Gasteiger partial charge < -0.3 is 59.0 Å². The maximum atomic E-state index is 13.1. The number of fused-ring (bicyclic) bond motifs is 4. The van der Waals surface area contributed by atoms with Crippen molar-refractivity contribution >= 4 is 79.0 Å². The zero-order chi connectivity index (χ0) is 46.8. The van der Waals surface area contributed by atoms with Crippen LogP contribution in [0.1, 0.15) is 225 Å². The van der Waals surface area contributed by atoms with Gasteiger partial charge in [-0.25, -0.2) is 0 Å². The van der Waals surface area contributed by atoms with Gasteiger partial charge >= 0.3 is 70.7 Å². The van der Waals surface area contributed by atoms with Crippen molar-refractivity contribution < 1.29 is 59.0 Å². The zero-order valence-corrected chi connectivity index (χ0v) is 51.1. The molecule has 4 atom stereocenters. The van der Waals surface area contributed by atoms with Crippen molar-refractivity contribution in [3.8, 4) is 0 Å². The number of hydrogen-bond acceptors (Lipinski definition) is 14. The smallest absolute Gasteiger partial charge is 0.417 e. The summed E-state index contributed by atoms with van der Waals surface area (Å²) in [7, 11) is -37.5. The van der Waals surface area contributed by atoms with E-state index in [1.165, 1.54) is 6.42 Å². The molecule has 4 unspecified atom stereocenters. The van der Waals surface area contributed by atoms with E-state index >= 15 is 0 Å². The van der Waals surface area contributed by atoms with Crippen molar-refractivity contribution in [1.82, 2.24) is 0 Å². The molecule has 0 aromatic heterocycles. The second-order valence-electron chi connectivity index (χ2n) is 24.5. The van der Waals surface area contributed by atoms with Gasteiger partial charge in [0.15, 0.2) is 8.32 Å². The molecule has 6 bridgehead atoms. The fourth-order valence-electron chi connectivity index (χ4n) is 15.0. The molecule has 68 heavy (non-hydrogen) atoms. The lowest BCUT2D eigenvalue weighted by atomic mass is 10.0. The molecule has 2 N–H and O–H groups in total. The zero-order valence-electron chi connectivity index (χ0n) is 42.1. The lowest BCUT2D eigenvalue weighted by molar-refractivity contribution is -0.0424. The lowest BCUT2D eigenvalue weighted by Crippen LogP contribution is -2.88. The van der Waals surface area contributed by atoms with Gasteiger partial charge in [0.2, 0.25) is 0 Å². The second kappa shape index (κ2) is 20.4. The van der Waals surface area contributed by atoms with Crippen molar-refractivity contribution in [3.63, 3.8) is 0 Å². The Morgan fingerprint density at radius 3 is 0.691 bits per heavy atom. The van der Waals surface area contributed by atoms with Gasteiger partial charge in [0.1, 0.15) is 0 Å². The molecule has 388 valence electrons. The molecule has 7 saturated carbocycles. The average Bonchev–Trinajstić information content (AvgIpc) is 3.33. The highest BCUT2D eigenvalue weighted by molar-refractivity contribution is 7.02. The highest BCUT2D eigenvalue weighted by Gasteiger charge is 2.86. The summed E-state index contributed by atoms with van der Waals surface area (Å²) in [4.78, 5) is 26.1. The maximum Gasteiger partial charge on any atom is 0.659 e. The van der Waals surface area contributed by atoms with Gasteiger partial charge in [-0.05, 0) is 110 Å². The molecule has 11 aliphatic rings. The third-order valence-corrected chi connectivity index (χ3v) is 57.8. The molecule has 11 fully saturated rings. The van der Waals surface area contributed by atoms with Crippen molar-refractivity contribution in [1.29, 1.82) is 0 Å². The van der Waals surface area contributed by atoms with Gasteiger partial charge in [0, 0.05) is 38.8 Å². The molecule has 11 rings (SSSR count). The topological polar surface area (TPSA) is 151 Å². The van der Waals surface area contributed by atoms with Crippen LogP contribution < -0.4 is 0 Å². The summed E-state index contributed by atoms with van der Waals surface area (Å²) in [6.07, 6.45) is 34.2. The first-order valence-corrected chi connectivity index (χ1v) is 46.3. The Bertz CT molecular complexity index is 1630. The van der Waals surface area contributed by atoms with Crippen LogP contribution in [0.5, 0.6) is 0 Å². The SMILES string of the molecule is C[Si](C)(C)O[Si]1(C2CCCCC2)O[Si]2(C3CCCCC3)O[Si]3(C4CCCCC4)O[Si](O)(O)O[Si]4(C5CCCCC5)O[Si](C5CCCCC5)(O1)O[Si](C1CCCCC1)(O2)O[Si](C1CCCCC1)(O3)O4. The Labute approximate surface area is 418 Å². The minimum Gasteiger partial charge on any atom is -0.417 e. The van der Waals surface area contributed by atoms with Gasteiger partial charge in [-0.15, -0.1) is 0 Å². The van der Waals surface area contributed by atoms with Crippen LogP contribution in [0.15, 0.2) is 0 Å². The van der Waals surface area contributed by atoms with Crippen molar-refractivity contribution in [2.45, 2.75) is 283 Å². The van der Waals surface area contributed by atoms with E-state index in [0.717, 1.165) is 218 Å². The Morgan fingerprint density at radius 1 is 0.279 bits per heavy atom. The molecule has 0 amide bonds. The van der Waals surface area contributed by atoms with Gasteiger partial charge in [-0.2, -0.15) is 0 Å². The lowest BCUT2D eigenvalue weighted by Gasteiger charge is -2.65.